The third-order valence-corrected chi connectivity index (χ3v) is 7.09. The van der Waals surface area contributed by atoms with Crippen LogP contribution in [0.4, 0.5) is 5.69 Å². The zero-order valence-electron chi connectivity index (χ0n) is 18.3. The van der Waals surface area contributed by atoms with Gasteiger partial charge in [0.25, 0.3) is 11.7 Å². The number of aliphatic hydroxyl groups is 1. The van der Waals surface area contributed by atoms with E-state index in [9.17, 15) is 14.7 Å². The summed E-state index contributed by atoms with van der Waals surface area (Å²) in [7, 11) is 0. The van der Waals surface area contributed by atoms with Crippen LogP contribution in [0.2, 0.25) is 5.02 Å². The van der Waals surface area contributed by atoms with E-state index in [0.29, 0.717) is 21.8 Å². The van der Waals surface area contributed by atoms with E-state index in [0.717, 1.165) is 31.2 Å². The number of halogens is 1. The molecule has 1 aliphatic heterocycles. The Bertz CT molecular complexity index is 1300. The normalized spacial score (nSPS) is 19.6. The third kappa shape index (κ3) is 3.65. The standard InChI is InChI=1S/C28H24ClNO3/c1-17-22(29)12-7-13-23(17)30-25(19-9-3-2-4-10-19)24(27(32)28(30)33)26(31)21-15-14-18-8-5-6-11-20(18)16-21/h2-4,7,9-10,12-16,25,31H,5-6,8,11H2,1H3/b26-24-. The van der Waals surface area contributed by atoms with Gasteiger partial charge in [-0.15, -0.1) is 0 Å². The molecule has 0 aromatic heterocycles. The summed E-state index contributed by atoms with van der Waals surface area (Å²) >= 11 is 6.35. The Kier molecular flexibility index (Phi) is 5.55. The van der Waals surface area contributed by atoms with Gasteiger partial charge in [0, 0.05) is 16.3 Å². The second-order valence-corrected chi connectivity index (χ2v) is 9.06. The number of carbonyl (C=O) groups excluding carboxylic acids is 2. The summed E-state index contributed by atoms with van der Waals surface area (Å²) in [6.07, 6.45) is 4.25. The third-order valence-electron chi connectivity index (χ3n) is 6.68. The lowest BCUT2D eigenvalue weighted by atomic mass is 9.88. The predicted octanol–water partition coefficient (Wildman–Crippen LogP) is 6.15. The summed E-state index contributed by atoms with van der Waals surface area (Å²) in [5.74, 6) is -1.51. The first-order chi connectivity index (χ1) is 16.0. The fourth-order valence-corrected chi connectivity index (χ4v) is 5.09. The van der Waals surface area contributed by atoms with E-state index in [-0.39, 0.29) is 11.3 Å². The quantitative estimate of drug-likeness (QED) is 0.291. The highest BCUT2D eigenvalue weighted by Crippen LogP contribution is 2.44. The first kappa shape index (κ1) is 21.5. The van der Waals surface area contributed by atoms with Crippen molar-refractivity contribution in [3.63, 3.8) is 0 Å². The highest BCUT2D eigenvalue weighted by Gasteiger charge is 2.47. The Morgan fingerprint density at radius 3 is 2.42 bits per heavy atom. The van der Waals surface area contributed by atoms with Crippen LogP contribution < -0.4 is 4.90 Å². The van der Waals surface area contributed by atoms with E-state index in [4.69, 9.17) is 11.6 Å². The zero-order valence-corrected chi connectivity index (χ0v) is 19.1. The number of benzene rings is 3. The Balaban J connectivity index is 1.71. The van der Waals surface area contributed by atoms with Crippen molar-refractivity contribution < 1.29 is 14.7 Å². The highest BCUT2D eigenvalue weighted by molar-refractivity contribution is 6.52. The van der Waals surface area contributed by atoms with Crippen LogP contribution in [-0.2, 0) is 22.4 Å². The van der Waals surface area contributed by atoms with Gasteiger partial charge in [-0.1, -0.05) is 60.1 Å². The molecule has 166 valence electrons. The number of nitrogens with zero attached hydrogens (tertiary/aromatic N) is 1. The average molecular weight is 458 g/mol. The maximum atomic E-state index is 13.3. The molecule has 1 unspecified atom stereocenters. The molecule has 33 heavy (non-hydrogen) atoms. The molecule has 1 N–H and O–H groups in total. The second-order valence-electron chi connectivity index (χ2n) is 8.65. The Morgan fingerprint density at radius 2 is 1.67 bits per heavy atom. The topological polar surface area (TPSA) is 57.6 Å². The van der Waals surface area contributed by atoms with E-state index >= 15 is 0 Å². The van der Waals surface area contributed by atoms with Crippen LogP contribution in [0.25, 0.3) is 5.76 Å². The lowest BCUT2D eigenvalue weighted by molar-refractivity contribution is -0.132. The SMILES string of the molecule is Cc1c(Cl)cccc1N1C(=O)C(=O)/C(=C(\O)c2ccc3c(c2)CCCC3)C1c1ccccc1. The number of aliphatic hydroxyl groups excluding tert-OH is 1. The van der Waals surface area contributed by atoms with Crippen LogP contribution >= 0.6 is 11.6 Å². The van der Waals surface area contributed by atoms with Gasteiger partial charge in [0.15, 0.2) is 0 Å². The van der Waals surface area contributed by atoms with Crippen LogP contribution in [0.1, 0.15) is 46.7 Å². The molecule has 0 spiro atoms. The lowest BCUT2D eigenvalue weighted by Crippen LogP contribution is -2.30. The summed E-state index contributed by atoms with van der Waals surface area (Å²) in [6.45, 7) is 1.82. The molecule has 0 bridgehead atoms. The van der Waals surface area contributed by atoms with Crippen molar-refractivity contribution in [1.82, 2.24) is 0 Å². The van der Waals surface area contributed by atoms with Crippen molar-refractivity contribution in [2.75, 3.05) is 4.90 Å². The van der Waals surface area contributed by atoms with E-state index < -0.39 is 17.7 Å². The minimum absolute atomic E-state index is 0.0985. The number of carbonyl (C=O) groups is 2. The molecule has 4 nitrogen and oxygen atoms in total. The number of hydrogen-bond donors (Lipinski definition) is 1. The highest BCUT2D eigenvalue weighted by atomic mass is 35.5. The number of aryl methyl sites for hydroxylation is 2. The summed E-state index contributed by atoms with van der Waals surface area (Å²) in [4.78, 5) is 28.1. The van der Waals surface area contributed by atoms with Gasteiger partial charge >= 0.3 is 0 Å². The zero-order chi connectivity index (χ0) is 23.1. The van der Waals surface area contributed by atoms with Gasteiger partial charge in [0.1, 0.15) is 5.76 Å². The van der Waals surface area contributed by atoms with Crippen LogP contribution in [0.5, 0.6) is 0 Å². The number of rotatable bonds is 3. The Morgan fingerprint density at radius 1 is 0.939 bits per heavy atom. The van der Waals surface area contributed by atoms with Gasteiger partial charge in [-0.25, -0.2) is 0 Å². The van der Waals surface area contributed by atoms with E-state index in [2.05, 4.69) is 0 Å². The summed E-state index contributed by atoms with van der Waals surface area (Å²) in [6, 6.07) is 19.7. The van der Waals surface area contributed by atoms with E-state index in [1.165, 1.54) is 16.0 Å². The summed E-state index contributed by atoms with van der Waals surface area (Å²) in [5.41, 5.74) is 5.15. The van der Waals surface area contributed by atoms with E-state index in [1.54, 1.807) is 18.2 Å². The largest absolute Gasteiger partial charge is 0.507 e. The van der Waals surface area contributed by atoms with Gasteiger partial charge < -0.3 is 5.11 Å². The minimum atomic E-state index is -0.751. The molecule has 0 radical (unpaired) electrons. The molecule has 1 atom stereocenters. The number of anilines is 1. The number of hydrogen-bond acceptors (Lipinski definition) is 3. The van der Waals surface area contributed by atoms with Gasteiger partial charge in [-0.05, 0) is 73.1 Å². The molecule has 3 aromatic rings. The summed E-state index contributed by atoms with van der Waals surface area (Å²) in [5, 5.41) is 11.9. The van der Waals surface area contributed by atoms with Gasteiger partial charge in [-0.2, -0.15) is 0 Å². The number of ketones is 1. The number of Topliss-reactive ketones (excluding diaryl/α,β-unsaturated/α-hetero) is 1. The molecule has 3 aromatic carbocycles. The minimum Gasteiger partial charge on any atom is -0.507 e. The molecule has 1 heterocycles. The van der Waals surface area contributed by atoms with Crippen LogP contribution in [0.3, 0.4) is 0 Å². The van der Waals surface area contributed by atoms with Crippen molar-refractivity contribution in [2.45, 2.75) is 38.6 Å². The first-order valence-electron chi connectivity index (χ1n) is 11.2. The van der Waals surface area contributed by atoms with Crippen LogP contribution in [-0.4, -0.2) is 16.8 Å². The molecule has 1 amide bonds. The van der Waals surface area contributed by atoms with Gasteiger partial charge in [-0.3, -0.25) is 14.5 Å². The van der Waals surface area contributed by atoms with Crippen molar-refractivity contribution in [3.8, 4) is 0 Å². The molecule has 0 saturated carbocycles. The fourth-order valence-electron chi connectivity index (χ4n) is 4.93. The monoisotopic (exact) mass is 457 g/mol. The van der Waals surface area contributed by atoms with Crippen molar-refractivity contribution >= 4 is 34.7 Å². The van der Waals surface area contributed by atoms with Crippen molar-refractivity contribution in [1.29, 1.82) is 0 Å². The van der Waals surface area contributed by atoms with Gasteiger partial charge in [0.2, 0.25) is 0 Å². The molecule has 5 heteroatoms. The van der Waals surface area contributed by atoms with E-state index in [1.807, 2.05) is 55.5 Å². The van der Waals surface area contributed by atoms with Crippen molar-refractivity contribution in [2.24, 2.45) is 0 Å². The first-order valence-corrected chi connectivity index (χ1v) is 11.6. The molecule has 1 fully saturated rings. The maximum absolute atomic E-state index is 13.3. The molecule has 2 aliphatic rings. The van der Waals surface area contributed by atoms with Crippen LogP contribution in [0.15, 0.2) is 72.3 Å². The molecule has 5 rings (SSSR count). The second kappa shape index (κ2) is 8.53. The Labute approximate surface area is 198 Å². The molecule has 1 saturated heterocycles. The molecular weight excluding hydrogens is 434 g/mol. The fraction of sp³-hybridized carbons (Fsp3) is 0.214. The Hall–Kier alpha value is -3.37. The molecular formula is C28H24ClNO3. The predicted molar refractivity (Wildman–Crippen MR) is 130 cm³/mol. The van der Waals surface area contributed by atoms with Crippen LogP contribution in [0, 0.1) is 6.92 Å². The maximum Gasteiger partial charge on any atom is 0.300 e. The number of amides is 1. The number of fused-ring (bicyclic) bond motifs is 1. The smallest absolute Gasteiger partial charge is 0.300 e. The lowest BCUT2D eigenvalue weighted by Gasteiger charge is -2.27. The summed E-state index contributed by atoms with van der Waals surface area (Å²) < 4.78 is 0. The average Bonchev–Trinajstić information content (AvgIpc) is 3.11. The van der Waals surface area contributed by atoms with Crippen molar-refractivity contribution in [3.05, 3.63) is 105 Å². The molecule has 1 aliphatic carbocycles. The van der Waals surface area contributed by atoms with Gasteiger partial charge in [0.05, 0.1) is 11.6 Å².